The average Bonchev–Trinajstić information content (AvgIpc) is 2.55. The minimum atomic E-state index is -2.42. The van der Waals surface area contributed by atoms with Gasteiger partial charge in [-0.1, -0.05) is 22.6 Å². The van der Waals surface area contributed by atoms with E-state index in [2.05, 4.69) is 27.5 Å². The van der Waals surface area contributed by atoms with Crippen LogP contribution in [0.3, 0.4) is 0 Å². The molecule has 1 unspecified atom stereocenters. The summed E-state index contributed by atoms with van der Waals surface area (Å²) >= 11 is 2.22. The van der Waals surface area contributed by atoms with Crippen molar-refractivity contribution in [3.05, 3.63) is 0 Å². The van der Waals surface area contributed by atoms with Crippen LogP contribution in [0.1, 0.15) is 32.6 Å². The van der Waals surface area contributed by atoms with Gasteiger partial charge >= 0.3 is 0 Å². The highest BCUT2D eigenvalue weighted by Crippen LogP contribution is 2.69. The Labute approximate surface area is 114 Å². The number of hydrogen-bond donors (Lipinski definition) is 0. The fraction of sp³-hybridized carbons (Fsp3) is 1.00. The van der Waals surface area contributed by atoms with E-state index in [0.717, 1.165) is 19.4 Å². The zero-order chi connectivity index (χ0) is 12.3. The minimum absolute atomic E-state index is 0.0840. The predicted octanol–water partition coefficient (Wildman–Crippen LogP) is 3.05. The van der Waals surface area contributed by atoms with Crippen molar-refractivity contribution >= 4 is 22.6 Å². The van der Waals surface area contributed by atoms with Crippen molar-refractivity contribution in [3.63, 3.8) is 0 Å². The van der Waals surface area contributed by atoms with Crippen molar-refractivity contribution in [1.82, 2.24) is 4.90 Å². The molecule has 2 nitrogen and oxygen atoms in total. The predicted molar refractivity (Wildman–Crippen MR) is 69.6 cm³/mol. The molecule has 1 saturated carbocycles. The summed E-state index contributed by atoms with van der Waals surface area (Å²) in [6.45, 7) is 4.16. The van der Waals surface area contributed by atoms with E-state index < -0.39 is 11.3 Å². The second-order valence-corrected chi connectivity index (χ2v) is 7.70. The molecule has 0 radical (unpaired) electrons. The summed E-state index contributed by atoms with van der Waals surface area (Å²) in [5.41, 5.74) is -0.787. The van der Waals surface area contributed by atoms with Crippen molar-refractivity contribution in [2.24, 2.45) is 5.41 Å². The van der Waals surface area contributed by atoms with Gasteiger partial charge in [0.2, 0.25) is 0 Å². The first-order chi connectivity index (χ1) is 7.89. The van der Waals surface area contributed by atoms with Gasteiger partial charge in [-0.2, -0.15) is 0 Å². The zero-order valence-corrected chi connectivity index (χ0v) is 12.2. The molecule has 3 rings (SSSR count). The quantitative estimate of drug-likeness (QED) is 0.569. The standard InChI is InChI=1S/C12H18F2INO/c1-9(15)17-8-11-3-2-4-16(11)7-10(5-11)6-12(10,13)14/h9H,2-8H2,1H3/t9-,10?,11-/m0/s1. The Hall–Kier alpha value is 0.510. The van der Waals surface area contributed by atoms with E-state index in [1.165, 1.54) is 0 Å². The first-order valence-electron chi connectivity index (χ1n) is 6.28. The second-order valence-electron chi connectivity index (χ2n) is 5.94. The van der Waals surface area contributed by atoms with E-state index >= 15 is 0 Å². The van der Waals surface area contributed by atoms with Gasteiger partial charge in [0.15, 0.2) is 0 Å². The maximum absolute atomic E-state index is 13.5. The van der Waals surface area contributed by atoms with E-state index in [-0.39, 0.29) is 16.1 Å². The third-order valence-corrected chi connectivity index (χ3v) is 5.05. The topological polar surface area (TPSA) is 12.5 Å². The number of rotatable bonds is 3. The van der Waals surface area contributed by atoms with Crippen LogP contribution in [-0.4, -0.2) is 40.2 Å². The van der Waals surface area contributed by atoms with Crippen LogP contribution in [-0.2, 0) is 4.74 Å². The van der Waals surface area contributed by atoms with E-state index in [1.54, 1.807) is 0 Å². The molecule has 3 aliphatic rings. The number of ether oxygens (including phenoxy) is 1. The lowest BCUT2D eigenvalue weighted by Crippen LogP contribution is -2.42. The third-order valence-electron chi connectivity index (χ3n) is 4.69. The summed E-state index contributed by atoms with van der Waals surface area (Å²) in [5, 5.41) is 0. The molecule has 1 spiro atoms. The summed E-state index contributed by atoms with van der Waals surface area (Å²) in [4.78, 5) is 2.27. The van der Waals surface area contributed by atoms with Gasteiger partial charge in [0.05, 0.1) is 12.0 Å². The molecule has 2 heterocycles. The lowest BCUT2D eigenvalue weighted by atomic mass is 9.89. The highest BCUT2D eigenvalue weighted by Gasteiger charge is 2.77. The molecule has 0 aromatic carbocycles. The van der Waals surface area contributed by atoms with Crippen molar-refractivity contribution in [2.45, 2.75) is 48.2 Å². The minimum Gasteiger partial charge on any atom is -0.366 e. The van der Waals surface area contributed by atoms with E-state index in [1.807, 2.05) is 6.92 Å². The molecule has 3 fully saturated rings. The molecule has 2 saturated heterocycles. The van der Waals surface area contributed by atoms with Crippen LogP contribution < -0.4 is 0 Å². The fourth-order valence-corrected chi connectivity index (χ4v) is 3.90. The first kappa shape index (κ1) is 12.5. The molecule has 0 N–H and O–H groups in total. The number of nitrogens with zero attached hydrogens (tertiary/aromatic N) is 1. The first-order valence-corrected chi connectivity index (χ1v) is 7.52. The summed E-state index contributed by atoms with van der Waals surface area (Å²) in [6.07, 6.45) is 2.88. The van der Waals surface area contributed by atoms with Crippen molar-refractivity contribution in [1.29, 1.82) is 0 Å². The van der Waals surface area contributed by atoms with Gasteiger partial charge in [0.1, 0.15) is 4.11 Å². The lowest BCUT2D eigenvalue weighted by Gasteiger charge is -2.32. The van der Waals surface area contributed by atoms with Crippen LogP contribution in [0.5, 0.6) is 0 Å². The van der Waals surface area contributed by atoms with Gasteiger partial charge in [-0.3, -0.25) is 4.90 Å². The molecule has 3 atom stereocenters. The Kier molecular flexibility index (Phi) is 2.77. The highest BCUT2D eigenvalue weighted by atomic mass is 127. The maximum atomic E-state index is 13.5. The summed E-state index contributed by atoms with van der Waals surface area (Å²) in [5.74, 6) is -2.42. The van der Waals surface area contributed by atoms with Crippen LogP contribution in [0.25, 0.3) is 0 Å². The van der Waals surface area contributed by atoms with E-state index in [4.69, 9.17) is 4.74 Å². The second kappa shape index (κ2) is 3.76. The van der Waals surface area contributed by atoms with Crippen LogP contribution >= 0.6 is 22.6 Å². The van der Waals surface area contributed by atoms with Gasteiger partial charge in [-0.25, -0.2) is 8.78 Å². The van der Waals surface area contributed by atoms with Crippen LogP contribution in [0.4, 0.5) is 8.78 Å². The van der Waals surface area contributed by atoms with Gasteiger partial charge in [-0.15, -0.1) is 0 Å². The Balaban J connectivity index is 1.74. The molecule has 0 amide bonds. The molecule has 17 heavy (non-hydrogen) atoms. The Morgan fingerprint density at radius 2 is 2.12 bits per heavy atom. The fourth-order valence-electron chi connectivity index (χ4n) is 3.72. The SMILES string of the molecule is C[C@@H](I)OC[C@@]12CCCN1CC1(CC1(F)F)C2. The van der Waals surface area contributed by atoms with Crippen LogP contribution in [0, 0.1) is 5.41 Å². The number of alkyl halides is 3. The molecule has 2 aliphatic heterocycles. The van der Waals surface area contributed by atoms with Crippen LogP contribution in [0.15, 0.2) is 0 Å². The summed E-state index contributed by atoms with van der Waals surface area (Å²) in [7, 11) is 0. The molecular weight excluding hydrogens is 339 g/mol. The lowest BCUT2D eigenvalue weighted by molar-refractivity contribution is 0.0326. The number of hydrogen-bond acceptors (Lipinski definition) is 2. The normalized spacial score (nSPS) is 45.2. The van der Waals surface area contributed by atoms with Crippen molar-refractivity contribution in [2.75, 3.05) is 19.7 Å². The molecule has 1 aliphatic carbocycles. The molecular formula is C12H18F2INO. The van der Waals surface area contributed by atoms with Crippen LogP contribution in [0.2, 0.25) is 0 Å². The van der Waals surface area contributed by atoms with Crippen molar-refractivity contribution in [3.8, 4) is 0 Å². The van der Waals surface area contributed by atoms with Gasteiger partial charge in [0, 0.05) is 18.5 Å². The summed E-state index contributed by atoms with van der Waals surface area (Å²) < 4.78 is 32.9. The Morgan fingerprint density at radius 1 is 1.41 bits per heavy atom. The molecule has 5 heteroatoms. The zero-order valence-electron chi connectivity index (χ0n) is 10.0. The van der Waals surface area contributed by atoms with E-state index in [0.29, 0.717) is 19.6 Å². The van der Waals surface area contributed by atoms with Crippen molar-refractivity contribution < 1.29 is 13.5 Å². The largest absolute Gasteiger partial charge is 0.366 e. The maximum Gasteiger partial charge on any atom is 0.255 e. The smallest absolute Gasteiger partial charge is 0.255 e. The number of fused-ring (bicyclic) bond motifs is 1. The van der Waals surface area contributed by atoms with Gasteiger partial charge < -0.3 is 4.74 Å². The van der Waals surface area contributed by atoms with Gasteiger partial charge in [0.25, 0.3) is 5.92 Å². The summed E-state index contributed by atoms with van der Waals surface area (Å²) in [6, 6.07) is 0. The molecule has 98 valence electrons. The molecule has 0 bridgehead atoms. The van der Waals surface area contributed by atoms with E-state index in [9.17, 15) is 8.78 Å². The molecule has 0 aromatic rings. The third kappa shape index (κ3) is 1.84. The monoisotopic (exact) mass is 357 g/mol. The molecule has 0 aromatic heterocycles. The average molecular weight is 357 g/mol. The Morgan fingerprint density at radius 3 is 2.71 bits per heavy atom. The Bertz CT molecular complexity index is 338. The highest BCUT2D eigenvalue weighted by molar-refractivity contribution is 14.1. The van der Waals surface area contributed by atoms with Gasteiger partial charge in [-0.05, 0) is 32.7 Å². The number of halogens is 3.